The number of nitrogens with zero attached hydrogens (tertiary/aromatic N) is 1. The van der Waals surface area contributed by atoms with Gasteiger partial charge in [0.2, 0.25) is 0 Å². The van der Waals surface area contributed by atoms with Crippen molar-refractivity contribution in [3.05, 3.63) is 29.0 Å². The van der Waals surface area contributed by atoms with Crippen LogP contribution in [0.1, 0.15) is 19.8 Å². The minimum Gasteiger partial charge on any atom is -0.370 e. The summed E-state index contributed by atoms with van der Waals surface area (Å²) in [6.45, 7) is 5.09. The highest BCUT2D eigenvalue weighted by Crippen LogP contribution is 2.25. The molecule has 0 amide bonds. The van der Waals surface area contributed by atoms with Gasteiger partial charge in [0.25, 0.3) is 0 Å². The Bertz CT molecular complexity index is 382. The molecule has 1 aliphatic rings. The fraction of sp³-hybridized carbons (Fsp3) is 0.538. The van der Waals surface area contributed by atoms with E-state index in [1.807, 2.05) is 0 Å². The first-order valence-corrected chi connectivity index (χ1v) is 6.52. The molecule has 94 valence electrons. The van der Waals surface area contributed by atoms with E-state index in [0.29, 0.717) is 6.04 Å². The van der Waals surface area contributed by atoms with Gasteiger partial charge in [0.05, 0.1) is 5.02 Å². The highest BCUT2D eigenvalue weighted by atomic mass is 35.5. The fourth-order valence-corrected chi connectivity index (χ4v) is 2.52. The Morgan fingerprint density at radius 3 is 3.06 bits per heavy atom. The summed E-state index contributed by atoms with van der Waals surface area (Å²) < 4.78 is 13.1. The maximum Gasteiger partial charge on any atom is 0.141 e. The summed E-state index contributed by atoms with van der Waals surface area (Å²) in [4.78, 5) is 2.27. The quantitative estimate of drug-likeness (QED) is 0.894. The molecule has 1 aliphatic heterocycles. The van der Waals surface area contributed by atoms with E-state index in [9.17, 15) is 4.39 Å². The first-order chi connectivity index (χ1) is 8.20. The third-order valence-electron chi connectivity index (χ3n) is 3.18. The van der Waals surface area contributed by atoms with Crippen molar-refractivity contribution >= 4 is 17.3 Å². The van der Waals surface area contributed by atoms with Crippen LogP contribution in [-0.4, -0.2) is 25.7 Å². The van der Waals surface area contributed by atoms with Gasteiger partial charge in [0.1, 0.15) is 5.82 Å². The number of benzene rings is 1. The van der Waals surface area contributed by atoms with E-state index in [1.165, 1.54) is 12.5 Å². The molecule has 1 heterocycles. The van der Waals surface area contributed by atoms with Gasteiger partial charge < -0.3 is 10.2 Å². The monoisotopic (exact) mass is 256 g/mol. The Morgan fingerprint density at radius 1 is 1.53 bits per heavy atom. The topological polar surface area (TPSA) is 15.3 Å². The van der Waals surface area contributed by atoms with E-state index in [-0.39, 0.29) is 10.8 Å². The Kier molecular flexibility index (Phi) is 4.24. The van der Waals surface area contributed by atoms with Crippen LogP contribution >= 0.6 is 11.6 Å². The SMILES string of the molecule is CCNC1CCCN(c2ccc(F)c(Cl)c2)C1. The second-order valence-corrected chi connectivity index (χ2v) is 4.85. The van der Waals surface area contributed by atoms with Crippen molar-refractivity contribution in [3.8, 4) is 0 Å². The number of hydrogen-bond donors (Lipinski definition) is 1. The van der Waals surface area contributed by atoms with Crippen LogP contribution in [0.3, 0.4) is 0 Å². The van der Waals surface area contributed by atoms with E-state index >= 15 is 0 Å². The first-order valence-electron chi connectivity index (χ1n) is 6.14. The Morgan fingerprint density at radius 2 is 2.35 bits per heavy atom. The fourth-order valence-electron chi connectivity index (χ4n) is 2.35. The van der Waals surface area contributed by atoms with E-state index in [2.05, 4.69) is 17.1 Å². The molecule has 0 aliphatic carbocycles. The highest BCUT2D eigenvalue weighted by Gasteiger charge is 2.19. The van der Waals surface area contributed by atoms with Gasteiger partial charge in [-0.1, -0.05) is 18.5 Å². The maximum atomic E-state index is 13.1. The largest absolute Gasteiger partial charge is 0.370 e. The molecule has 0 aromatic heterocycles. The van der Waals surface area contributed by atoms with E-state index < -0.39 is 0 Å². The Balaban J connectivity index is 2.08. The number of likely N-dealkylation sites (N-methyl/N-ethyl adjacent to an activating group) is 1. The molecule has 17 heavy (non-hydrogen) atoms. The average Bonchev–Trinajstić information content (AvgIpc) is 2.33. The number of nitrogens with one attached hydrogen (secondary N) is 1. The zero-order valence-electron chi connectivity index (χ0n) is 10.0. The zero-order chi connectivity index (χ0) is 12.3. The van der Waals surface area contributed by atoms with Gasteiger partial charge in [-0.05, 0) is 37.6 Å². The van der Waals surface area contributed by atoms with Crippen molar-refractivity contribution in [1.29, 1.82) is 0 Å². The molecule has 2 nitrogen and oxygen atoms in total. The van der Waals surface area contributed by atoms with Gasteiger partial charge in [-0.3, -0.25) is 0 Å². The van der Waals surface area contributed by atoms with E-state index in [4.69, 9.17) is 11.6 Å². The minimum absolute atomic E-state index is 0.202. The van der Waals surface area contributed by atoms with Crippen LogP contribution in [0.15, 0.2) is 18.2 Å². The molecule has 1 aromatic carbocycles. The van der Waals surface area contributed by atoms with Crippen molar-refractivity contribution in [2.45, 2.75) is 25.8 Å². The van der Waals surface area contributed by atoms with Crippen LogP contribution < -0.4 is 10.2 Å². The lowest BCUT2D eigenvalue weighted by atomic mass is 10.0. The second-order valence-electron chi connectivity index (χ2n) is 4.44. The Hall–Kier alpha value is -0.800. The molecule has 1 saturated heterocycles. The molecule has 0 radical (unpaired) electrons. The molecule has 1 unspecified atom stereocenters. The van der Waals surface area contributed by atoms with Gasteiger partial charge in [-0.15, -0.1) is 0 Å². The summed E-state index contributed by atoms with van der Waals surface area (Å²) in [6, 6.07) is 5.48. The van der Waals surface area contributed by atoms with Crippen molar-refractivity contribution in [2.75, 3.05) is 24.5 Å². The van der Waals surface area contributed by atoms with Crippen molar-refractivity contribution in [2.24, 2.45) is 0 Å². The normalized spacial score (nSPS) is 20.6. The molecular formula is C13H18ClFN2. The Labute approximate surface area is 107 Å². The summed E-state index contributed by atoms with van der Waals surface area (Å²) in [6.07, 6.45) is 2.37. The average molecular weight is 257 g/mol. The number of hydrogen-bond acceptors (Lipinski definition) is 2. The molecule has 0 saturated carbocycles. The number of piperidine rings is 1. The summed E-state index contributed by atoms with van der Waals surface area (Å²) >= 11 is 5.81. The van der Waals surface area contributed by atoms with Gasteiger partial charge in [0.15, 0.2) is 0 Å². The van der Waals surface area contributed by atoms with Crippen LogP contribution in [0.5, 0.6) is 0 Å². The molecule has 1 aromatic rings. The minimum atomic E-state index is -0.351. The van der Waals surface area contributed by atoms with E-state index in [1.54, 1.807) is 12.1 Å². The van der Waals surface area contributed by atoms with Crippen LogP contribution in [0.25, 0.3) is 0 Å². The summed E-state index contributed by atoms with van der Waals surface area (Å²) in [5.74, 6) is -0.351. The molecule has 1 atom stereocenters. The summed E-state index contributed by atoms with van der Waals surface area (Å²) in [5.41, 5.74) is 1.01. The molecule has 1 N–H and O–H groups in total. The lowest BCUT2D eigenvalue weighted by molar-refractivity contribution is 0.431. The van der Waals surface area contributed by atoms with Crippen molar-refractivity contribution < 1.29 is 4.39 Å². The van der Waals surface area contributed by atoms with E-state index in [0.717, 1.165) is 31.7 Å². The molecular weight excluding hydrogens is 239 g/mol. The second kappa shape index (κ2) is 5.69. The molecule has 1 fully saturated rings. The standard InChI is InChI=1S/C13H18ClFN2/c1-2-16-10-4-3-7-17(9-10)11-5-6-13(15)12(14)8-11/h5-6,8,10,16H,2-4,7,9H2,1H3. The molecule has 2 rings (SSSR count). The third kappa shape index (κ3) is 3.11. The first kappa shape index (κ1) is 12.7. The van der Waals surface area contributed by atoms with Gasteiger partial charge in [-0.2, -0.15) is 0 Å². The summed E-state index contributed by atoms with van der Waals surface area (Å²) in [5, 5.41) is 3.66. The van der Waals surface area contributed by atoms with Gasteiger partial charge >= 0.3 is 0 Å². The third-order valence-corrected chi connectivity index (χ3v) is 3.47. The predicted octanol–water partition coefficient (Wildman–Crippen LogP) is 3.06. The molecule has 0 spiro atoms. The number of rotatable bonds is 3. The molecule has 4 heteroatoms. The summed E-state index contributed by atoms with van der Waals surface area (Å²) in [7, 11) is 0. The van der Waals surface area contributed by atoms with Crippen LogP contribution in [0, 0.1) is 5.82 Å². The van der Waals surface area contributed by atoms with Gasteiger partial charge in [0, 0.05) is 24.8 Å². The molecule has 0 bridgehead atoms. The lowest BCUT2D eigenvalue weighted by Crippen LogP contribution is -2.45. The zero-order valence-corrected chi connectivity index (χ0v) is 10.8. The van der Waals surface area contributed by atoms with Crippen molar-refractivity contribution in [3.63, 3.8) is 0 Å². The van der Waals surface area contributed by atoms with Crippen LogP contribution in [-0.2, 0) is 0 Å². The highest BCUT2D eigenvalue weighted by molar-refractivity contribution is 6.31. The number of halogens is 2. The smallest absolute Gasteiger partial charge is 0.141 e. The maximum absolute atomic E-state index is 13.1. The van der Waals surface area contributed by atoms with Crippen LogP contribution in [0.2, 0.25) is 5.02 Å². The number of anilines is 1. The lowest BCUT2D eigenvalue weighted by Gasteiger charge is -2.34. The predicted molar refractivity (Wildman–Crippen MR) is 70.3 cm³/mol. The van der Waals surface area contributed by atoms with Gasteiger partial charge in [-0.25, -0.2) is 4.39 Å². The van der Waals surface area contributed by atoms with Crippen molar-refractivity contribution in [1.82, 2.24) is 5.32 Å². The van der Waals surface area contributed by atoms with Crippen LogP contribution in [0.4, 0.5) is 10.1 Å².